The molecule has 0 heterocycles. The van der Waals surface area contributed by atoms with Crippen LogP contribution in [-0.2, 0) is 19.1 Å². The quantitative estimate of drug-likeness (QED) is 0.438. The first-order chi connectivity index (χ1) is 10.8. The highest BCUT2D eigenvalue weighted by molar-refractivity contribution is 5.77. The molecule has 0 aromatic rings. The van der Waals surface area contributed by atoms with Gasteiger partial charge in [-0.15, -0.1) is 0 Å². The third kappa shape index (κ3) is 14.8. The minimum atomic E-state index is -0.382. The molecule has 0 radical (unpaired) electrons. The van der Waals surface area contributed by atoms with Crippen molar-refractivity contribution in [3.63, 3.8) is 0 Å². The molecular formula is C19H30O4. The van der Waals surface area contributed by atoms with E-state index in [1.165, 1.54) is 11.1 Å². The fourth-order valence-electron chi connectivity index (χ4n) is 1.62. The Balaban J connectivity index is 3.84. The van der Waals surface area contributed by atoms with Crippen molar-refractivity contribution < 1.29 is 19.1 Å². The number of hydrogen-bond acceptors (Lipinski definition) is 4. The number of esters is 2. The molecule has 0 aromatic carbocycles. The molecule has 4 heteroatoms. The van der Waals surface area contributed by atoms with Gasteiger partial charge in [0.05, 0.1) is 12.8 Å². The van der Waals surface area contributed by atoms with Crippen LogP contribution in [-0.4, -0.2) is 25.2 Å². The van der Waals surface area contributed by atoms with E-state index in [0.29, 0.717) is 0 Å². The first-order valence-electron chi connectivity index (χ1n) is 8.05. The molecule has 0 spiro atoms. The van der Waals surface area contributed by atoms with Crippen molar-refractivity contribution in [3.05, 3.63) is 34.9 Å². The Morgan fingerprint density at radius 2 is 1.17 bits per heavy atom. The van der Waals surface area contributed by atoms with Crippen LogP contribution in [0.1, 0.15) is 60.3 Å². The smallest absolute Gasteiger partial charge is 0.306 e. The first kappa shape index (κ1) is 21.2. The summed E-state index contributed by atoms with van der Waals surface area (Å²) >= 11 is 0. The third-order valence-electron chi connectivity index (χ3n) is 3.04. The Hall–Kier alpha value is -1.84. The number of rotatable bonds is 10. The van der Waals surface area contributed by atoms with E-state index < -0.39 is 0 Å². The second kappa shape index (κ2) is 12.7. The Morgan fingerprint density at radius 1 is 0.696 bits per heavy atom. The highest BCUT2D eigenvalue weighted by Gasteiger charge is 2.08. The monoisotopic (exact) mass is 322 g/mol. The fraction of sp³-hybridized carbons (Fsp3) is 0.579. The van der Waals surface area contributed by atoms with E-state index in [1.54, 1.807) is 0 Å². The van der Waals surface area contributed by atoms with Gasteiger partial charge in [0, 0.05) is 0 Å². The number of carbonyl (C=O) groups excluding carboxylic acids is 2. The maximum atomic E-state index is 11.5. The van der Waals surface area contributed by atoms with Gasteiger partial charge >= 0.3 is 11.9 Å². The van der Waals surface area contributed by atoms with E-state index in [4.69, 9.17) is 9.47 Å². The zero-order valence-electron chi connectivity index (χ0n) is 15.1. The van der Waals surface area contributed by atoms with Gasteiger partial charge in [-0.3, -0.25) is 9.59 Å². The van der Waals surface area contributed by atoms with Crippen LogP contribution in [0.25, 0.3) is 0 Å². The molecule has 0 bridgehead atoms. The van der Waals surface area contributed by atoms with Gasteiger partial charge in [0.1, 0.15) is 13.2 Å². The van der Waals surface area contributed by atoms with Gasteiger partial charge < -0.3 is 9.47 Å². The normalized spacial score (nSPS) is 10.7. The highest BCUT2D eigenvalue weighted by Crippen LogP contribution is 2.06. The van der Waals surface area contributed by atoms with Crippen LogP contribution in [0.2, 0.25) is 0 Å². The Bertz CT molecular complexity index is 462. The molecule has 0 fully saturated rings. The summed E-state index contributed by atoms with van der Waals surface area (Å²) in [6.45, 7) is 10.5. The SMILES string of the molecule is CC(C)=CCC/C(C)=C\COC(=O)CCC(=O)OCC=C(C)C. The van der Waals surface area contributed by atoms with Crippen molar-refractivity contribution in [1.82, 2.24) is 0 Å². The highest BCUT2D eigenvalue weighted by atomic mass is 16.5. The summed E-state index contributed by atoms with van der Waals surface area (Å²) in [7, 11) is 0. The lowest BCUT2D eigenvalue weighted by atomic mass is 10.1. The number of allylic oxidation sites excluding steroid dienone is 4. The van der Waals surface area contributed by atoms with Crippen molar-refractivity contribution in [1.29, 1.82) is 0 Å². The minimum absolute atomic E-state index is 0.0539. The average molecular weight is 322 g/mol. The molecule has 0 aliphatic heterocycles. The van der Waals surface area contributed by atoms with Gasteiger partial charge in [0.25, 0.3) is 0 Å². The summed E-state index contributed by atoms with van der Waals surface area (Å²) in [5, 5.41) is 0. The predicted molar refractivity (Wildman–Crippen MR) is 93.0 cm³/mol. The molecular weight excluding hydrogens is 292 g/mol. The van der Waals surface area contributed by atoms with Crippen molar-refractivity contribution in [2.45, 2.75) is 60.3 Å². The maximum Gasteiger partial charge on any atom is 0.306 e. The molecule has 23 heavy (non-hydrogen) atoms. The third-order valence-corrected chi connectivity index (χ3v) is 3.04. The van der Waals surface area contributed by atoms with Crippen LogP contribution in [0.15, 0.2) is 34.9 Å². The zero-order valence-corrected chi connectivity index (χ0v) is 15.1. The van der Waals surface area contributed by atoms with Crippen molar-refractivity contribution in [3.8, 4) is 0 Å². The first-order valence-corrected chi connectivity index (χ1v) is 8.05. The summed E-state index contributed by atoms with van der Waals surface area (Å²) in [4.78, 5) is 22.9. The van der Waals surface area contributed by atoms with Gasteiger partial charge in [-0.05, 0) is 59.6 Å². The molecule has 4 nitrogen and oxygen atoms in total. The predicted octanol–water partition coefficient (Wildman–Crippen LogP) is 4.51. The van der Waals surface area contributed by atoms with Crippen LogP contribution in [0.4, 0.5) is 0 Å². The summed E-state index contributed by atoms with van der Waals surface area (Å²) < 4.78 is 10.1. The van der Waals surface area contributed by atoms with E-state index in [0.717, 1.165) is 18.4 Å². The molecule has 130 valence electrons. The molecule has 0 unspecified atom stereocenters. The van der Waals surface area contributed by atoms with Crippen LogP contribution < -0.4 is 0 Å². The molecule has 0 aliphatic rings. The fourth-order valence-corrected chi connectivity index (χ4v) is 1.62. The molecule has 0 saturated carbocycles. The van der Waals surface area contributed by atoms with E-state index in [1.807, 2.05) is 32.9 Å². The van der Waals surface area contributed by atoms with E-state index >= 15 is 0 Å². The minimum Gasteiger partial charge on any atom is -0.461 e. The van der Waals surface area contributed by atoms with Crippen LogP contribution in [0, 0.1) is 0 Å². The van der Waals surface area contributed by atoms with Gasteiger partial charge in [-0.1, -0.05) is 22.8 Å². The number of ether oxygens (including phenoxy) is 2. The molecule has 0 saturated heterocycles. The second-order valence-electron chi connectivity index (χ2n) is 6.02. The Labute approximate surface area is 140 Å². The Kier molecular flexibility index (Phi) is 11.7. The molecule has 0 amide bonds. The summed E-state index contributed by atoms with van der Waals surface area (Å²) in [6, 6.07) is 0. The lowest BCUT2D eigenvalue weighted by Crippen LogP contribution is -2.10. The van der Waals surface area contributed by atoms with Crippen molar-refractivity contribution in [2.75, 3.05) is 13.2 Å². The molecule has 0 atom stereocenters. The molecule has 0 rings (SSSR count). The average Bonchev–Trinajstić information content (AvgIpc) is 2.44. The summed E-state index contributed by atoms with van der Waals surface area (Å²) in [6.07, 6.45) is 7.97. The summed E-state index contributed by atoms with van der Waals surface area (Å²) in [5.74, 6) is -0.759. The number of hydrogen-bond donors (Lipinski definition) is 0. The molecule has 0 aliphatic carbocycles. The van der Waals surface area contributed by atoms with Gasteiger partial charge in [0.15, 0.2) is 0 Å². The standard InChI is InChI=1S/C19H30O4/c1-15(2)7-6-8-17(5)12-14-23-19(21)10-9-18(20)22-13-11-16(3)4/h7,11-12H,6,8-10,13-14H2,1-5H3/b17-12-. The topological polar surface area (TPSA) is 52.6 Å². The second-order valence-corrected chi connectivity index (χ2v) is 6.02. The zero-order chi connectivity index (χ0) is 17.7. The van der Waals surface area contributed by atoms with E-state index in [-0.39, 0.29) is 38.0 Å². The summed E-state index contributed by atoms with van der Waals surface area (Å²) in [5.41, 5.74) is 3.58. The maximum absolute atomic E-state index is 11.5. The van der Waals surface area contributed by atoms with Gasteiger partial charge in [-0.25, -0.2) is 0 Å². The van der Waals surface area contributed by atoms with Crippen molar-refractivity contribution in [2.24, 2.45) is 0 Å². The van der Waals surface area contributed by atoms with E-state index in [9.17, 15) is 9.59 Å². The van der Waals surface area contributed by atoms with Crippen LogP contribution in [0.5, 0.6) is 0 Å². The van der Waals surface area contributed by atoms with Crippen LogP contribution in [0.3, 0.4) is 0 Å². The largest absolute Gasteiger partial charge is 0.461 e. The van der Waals surface area contributed by atoms with Crippen molar-refractivity contribution >= 4 is 11.9 Å². The Morgan fingerprint density at radius 3 is 1.65 bits per heavy atom. The molecule has 0 aromatic heterocycles. The van der Waals surface area contributed by atoms with Gasteiger partial charge in [0.2, 0.25) is 0 Å². The lowest BCUT2D eigenvalue weighted by Gasteiger charge is -2.04. The lowest BCUT2D eigenvalue weighted by molar-refractivity contribution is -0.149. The van der Waals surface area contributed by atoms with Gasteiger partial charge in [-0.2, -0.15) is 0 Å². The number of carbonyl (C=O) groups is 2. The van der Waals surface area contributed by atoms with E-state index in [2.05, 4.69) is 19.9 Å². The molecule has 0 N–H and O–H groups in total. The van der Waals surface area contributed by atoms with Crippen LogP contribution >= 0.6 is 0 Å².